The SMILES string of the molecule is CC(CCC(=O)O)NC(=O)CNC(=O)COc1ccccc1. The van der Waals surface area contributed by atoms with Crippen LogP contribution in [0, 0.1) is 0 Å². The lowest BCUT2D eigenvalue weighted by molar-refractivity contribution is -0.137. The summed E-state index contributed by atoms with van der Waals surface area (Å²) in [5, 5.41) is 13.6. The minimum absolute atomic E-state index is 0.0152. The van der Waals surface area contributed by atoms with E-state index in [0.29, 0.717) is 12.2 Å². The number of para-hydroxylation sites is 1. The van der Waals surface area contributed by atoms with E-state index in [1.54, 1.807) is 31.2 Å². The first-order chi connectivity index (χ1) is 10.5. The van der Waals surface area contributed by atoms with Gasteiger partial charge in [-0.05, 0) is 25.5 Å². The zero-order valence-corrected chi connectivity index (χ0v) is 12.4. The highest BCUT2D eigenvalue weighted by molar-refractivity contribution is 5.85. The van der Waals surface area contributed by atoms with Gasteiger partial charge in [-0.15, -0.1) is 0 Å². The third kappa shape index (κ3) is 7.88. The largest absolute Gasteiger partial charge is 0.484 e. The van der Waals surface area contributed by atoms with Crippen molar-refractivity contribution in [2.24, 2.45) is 0 Å². The van der Waals surface area contributed by atoms with Gasteiger partial charge in [0, 0.05) is 12.5 Å². The predicted molar refractivity (Wildman–Crippen MR) is 79.4 cm³/mol. The third-order valence-electron chi connectivity index (χ3n) is 2.76. The normalized spacial score (nSPS) is 11.3. The summed E-state index contributed by atoms with van der Waals surface area (Å²) in [6.45, 7) is 1.36. The van der Waals surface area contributed by atoms with Crippen LogP contribution in [0.25, 0.3) is 0 Å². The molecule has 0 aliphatic heterocycles. The summed E-state index contributed by atoms with van der Waals surface area (Å²) in [6.07, 6.45) is 0.324. The van der Waals surface area contributed by atoms with Crippen molar-refractivity contribution in [3.05, 3.63) is 30.3 Å². The molecule has 0 bridgehead atoms. The van der Waals surface area contributed by atoms with Crippen LogP contribution in [0.5, 0.6) is 5.75 Å². The van der Waals surface area contributed by atoms with Crippen molar-refractivity contribution < 1.29 is 24.2 Å². The smallest absolute Gasteiger partial charge is 0.303 e. The lowest BCUT2D eigenvalue weighted by Gasteiger charge is -2.13. The lowest BCUT2D eigenvalue weighted by Crippen LogP contribution is -2.42. The van der Waals surface area contributed by atoms with Crippen molar-refractivity contribution in [3.63, 3.8) is 0 Å². The monoisotopic (exact) mass is 308 g/mol. The molecule has 7 heteroatoms. The number of nitrogens with one attached hydrogen (secondary N) is 2. The topological polar surface area (TPSA) is 105 Å². The number of aliphatic carboxylic acids is 1. The molecular formula is C15H20N2O5. The number of carboxylic acids is 1. The number of amides is 2. The van der Waals surface area contributed by atoms with Crippen LogP contribution in [0.3, 0.4) is 0 Å². The first-order valence-electron chi connectivity index (χ1n) is 6.93. The molecule has 0 saturated heterocycles. The molecule has 3 N–H and O–H groups in total. The van der Waals surface area contributed by atoms with E-state index in [-0.39, 0.29) is 31.5 Å². The minimum Gasteiger partial charge on any atom is -0.484 e. The molecule has 1 unspecified atom stereocenters. The van der Waals surface area contributed by atoms with Crippen molar-refractivity contribution in [1.82, 2.24) is 10.6 Å². The van der Waals surface area contributed by atoms with E-state index in [9.17, 15) is 14.4 Å². The van der Waals surface area contributed by atoms with E-state index in [0.717, 1.165) is 0 Å². The Morgan fingerprint density at radius 2 is 1.86 bits per heavy atom. The van der Waals surface area contributed by atoms with Gasteiger partial charge in [-0.3, -0.25) is 14.4 Å². The highest BCUT2D eigenvalue weighted by Gasteiger charge is 2.10. The maximum atomic E-state index is 11.6. The fourth-order valence-electron chi connectivity index (χ4n) is 1.63. The van der Waals surface area contributed by atoms with Crippen LogP contribution in [0.15, 0.2) is 30.3 Å². The van der Waals surface area contributed by atoms with Crippen molar-refractivity contribution in [3.8, 4) is 5.75 Å². The number of ether oxygens (including phenoxy) is 1. The first kappa shape index (κ1) is 17.5. The molecular weight excluding hydrogens is 288 g/mol. The zero-order chi connectivity index (χ0) is 16.4. The summed E-state index contributed by atoms with van der Waals surface area (Å²) in [7, 11) is 0. The van der Waals surface area contributed by atoms with E-state index < -0.39 is 11.9 Å². The Morgan fingerprint density at radius 1 is 1.18 bits per heavy atom. The van der Waals surface area contributed by atoms with Crippen LogP contribution < -0.4 is 15.4 Å². The van der Waals surface area contributed by atoms with E-state index in [1.807, 2.05) is 6.07 Å². The van der Waals surface area contributed by atoms with Gasteiger partial charge in [0.15, 0.2) is 6.61 Å². The minimum atomic E-state index is -0.910. The van der Waals surface area contributed by atoms with Gasteiger partial charge >= 0.3 is 5.97 Å². The summed E-state index contributed by atoms with van der Waals surface area (Å²) >= 11 is 0. The van der Waals surface area contributed by atoms with Crippen LogP contribution in [0.2, 0.25) is 0 Å². The van der Waals surface area contributed by atoms with Gasteiger partial charge in [-0.25, -0.2) is 0 Å². The second-order valence-electron chi connectivity index (χ2n) is 4.78. The maximum absolute atomic E-state index is 11.6. The number of carbonyl (C=O) groups is 3. The number of carbonyl (C=O) groups excluding carboxylic acids is 2. The first-order valence-corrected chi connectivity index (χ1v) is 6.93. The molecule has 120 valence electrons. The van der Waals surface area contributed by atoms with Gasteiger partial charge in [-0.1, -0.05) is 18.2 Å². The van der Waals surface area contributed by atoms with Gasteiger partial charge in [0.2, 0.25) is 5.91 Å². The fourth-order valence-corrected chi connectivity index (χ4v) is 1.63. The number of benzene rings is 1. The maximum Gasteiger partial charge on any atom is 0.303 e. The Kier molecular flexibility index (Phi) is 7.45. The number of rotatable bonds is 9. The molecule has 1 rings (SSSR count). The molecule has 0 saturated carbocycles. The molecule has 0 spiro atoms. The van der Waals surface area contributed by atoms with E-state index in [2.05, 4.69) is 10.6 Å². The van der Waals surface area contributed by atoms with E-state index >= 15 is 0 Å². The summed E-state index contributed by atoms with van der Waals surface area (Å²) in [5.74, 6) is -1.11. The zero-order valence-electron chi connectivity index (χ0n) is 12.4. The molecule has 0 heterocycles. The molecule has 2 amide bonds. The van der Waals surface area contributed by atoms with Crippen molar-refractivity contribution >= 4 is 17.8 Å². The Hall–Kier alpha value is -2.57. The van der Waals surface area contributed by atoms with Gasteiger partial charge in [0.05, 0.1) is 6.54 Å². The Morgan fingerprint density at radius 3 is 2.50 bits per heavy atom. The van der Waals surface area contributed by atoms with Crippen LogP contribution in [0.1, 0.15) is 19.8 Å². The van der Waals surface area contributed by atoms with Crippen LogP contribution in [0.4, 0.5) is 0 Å². The van der Waals surface area contributed by atoms with E-state index in [4.69, 9.17) is 9.84 Å². The highest BCUT2D eigenvalue weighted by atomic mass is 16.5. The average molecular weight is 308 g/mol. The van der Waals surface area contributed by atoms with Gasteiger partial charge in [-0.2, -0.15) is 0 Å². The Balaban J connectivity index is 2.17. The van der Waals surface area contributed by atoms with Crippen LogP contribution >= 0.6 is 0 Å². The molecule has 0 radical (unpaired) electrons. The molecule has 1 aromatic carbocycles. The van der Waals surface area contributed by atoms with Crippen LogP contribution in [-0.2, 0) is 14.4 Å². The number of hydrogen-bond acceptors (Lipinski definition) is 4. The number of hydrogen-bond donors (Lipinski definition) is 3. The predicted octanol–water partition coefficient (Wildman–Crippen LogP) is 0.551. The molecule has 0 aliphatic carbocycles. The van der Waals surface area contributed by atoms with E-state index in [1.165, 1.54) is 0 Å². The van der Waals surface area contributed by atoms with Crippen LogP contribution in [-0.4, -0.2) is 42.1 Å². The quantitative estimate of drug-likeness (QED) is 0.618. The van der Waals surface area contributed by atoms with Gasteiger partial charge < -0.3 is 20.5 Å². The molecule has 0 aliphatic rings. The second kappa shape index (κ2) is 9.38. The molecule has 22 heavy (non-hydrogen) atoms. The summed E-state index contributed by atoms with van der Waals surface area (Å²) < 4.78 is 5.24. The summed E-state index contributed by atoms with van der Waals surface area (Å²) in [6, 6.07) is 8.61. The average Bonchev–Trinajstić information content (AvgIpc) is 2.50. The fraction of sp³-hybridized carbons (Fsp3) is 0.400. The number of carboxylic acid groups (broad SMARTS) is 1. The second-order valence-corrected chi connectivity index (χ2v) is 4.78. The molecule has 7 nitrogen and oxygen atoms in total. The van der Waals surface area contributed by atoms with Crippen molar-refractivity contribution in [2.75, 3.05) is 13.2 Å². The van der Waals surface area contributed by atoms with Gasteiger partial charge in [0.1, 0.15) is 5.75 Å². The summed E-state index contributed by atoms with van der Waals surface area (Å²) in [5.41, 5.74) is 0. The summed E-state index contributed by atoms with van der Waals surface area (Å²) in [4.78, 5) is 33.5. The molecule has 1 aromatic rings. The molecule has 1 atom stereocenters. The highest BCUT2D eigenvalue weighted by Crippen LogP contribution is 2.07. The van der Waals surface area contributed by atoms with Crippen molar-refractivity contribution in [1.29, 1.82) is 0 Å². The van der Waals surface area contributed by atoms with Gasteiger partial charge in [0.25, 0.3) is 5.91 Å². The van der Waals surface area contributed by atoms with Crippen molar-refractivity contribution in [2.45, 2.75) is 25.8 Å². The molecule has 0 aromatic heterocycles. The Bertz CT molecular complexity index is 504. The standard InChI is InChI=1S/C15H20N2O5/c1-11(7-8-15(20)21)17-13(18)9-16-14(19)10-22-12-5-3-2-4-6-12/h2-6,11H,7-10H2,1H3,(H,16,19)(H,17,18)(H,20,21). The molecule has 0 fully saturated rings. The third-order valence-corrected chi connectivity index (χ3v) is 2.76. The lowest BCUT2D eigenvalue weighted by atomic mass is 10.2. The Labute approximate surface area is 128 Å².